The summed E-state index contributed by atoms with van der Waals surface area (Å²) in [6.07, 6.45) is 0. The number of fused-ring (bicyclic) bond motifs is 1. The minimum atomic E-state index is -0.708. The number of hydrogen-bond donors (Lipinski definition) is 2. The first kappa shape index (κ1) is 13.2. The first-order valence-electron chi connectivity index (χ1n) is 5.62. The molecular formula is C12H14N2O5. The van der Waals surface area contributed by atoms with E-state index in [0.717, 1.165) is 0 Å². The van der Waals surface area contributed by atoms with Crippen LogP contribution in [0.5, 0.6) is 11.5 Å². The Kier molecular flexibility index (Phi) is 3.86. The van der Waals surface area contributed by atoms with Gasteiger partial charge in [-0.25, -0.2) is 0 Å². The molecule has 7 heteroatoms. The van der Waals surface area contributed by atoms with Crippen molar-refractivity contribution >= 4 is 11.0 Å². The smallest absolute Gasteiger partial charge is 0.314 e. The number of aromatic nitrogens is 2. The molecule has 2 N–H and O–H groups in total. The maximum absolute atomic E-state index is 11.3. The summed E-state index contributed by atoms with van der Waals surface area (Å²) in [5, 5.41) is 0. The Labute approximate surface area is 108 Å². The highest BCUT2D eigenvalue weighted by atomic mass is 16.5. The third kappa shape index (κ3) is 2.76. The van der Waals surface area contributed by atoms with Crippen LogP contribution in [0.25, 0.3) is 11.0 Å². The molecule has 7 nitrogen and oxygen atoms in total. The Balaban J connectivity index is 2.48. The van der Waals surface area contributed by atoms with E-state index in [4.69, 9.17) is 14.2 Å². The Bertz CT molecular complexity index is 689. The highest BCUT2D eigenvalue weighted by Gasteiger charge is 2.09. The molecule has 0 bridgehead atoms. The molecule has 0 atom stereocenters. The monoisotopic (exact) mass is 266 g/mol. The molecule has 0 aliphatic carbocycles. The molecule has 0 radical (unpaired) electrons. The van der Waals surface area contributed by atoms with Crippen molar-refractivity contribution in [2.75, 3.05) is 27.4 Å². The quantitative estimate of drug-likeness (QED) is 0.597. The number of nitrogens with one attached hydrogen (secondary N) is 2. The van der Waals surface area contributed by atoms with Gasteiger partial charge in [0.25, 0.3) is 0 Å². The number of aromatic amines is 2. The topological polar surface area (TPSA) is 93.4 Å². The number of ether oxygens (including phenoxy) is 3. The van der Waals surface area contributed by atoms with Gasteiger partial charge >= 0.3 is 11.1 Å². The van der Waals surface area contributed by atoms with Crippen LogP contribution in [-0.2, 0) is 4.74 Å². The molecule has 0 aliphatic rings. The van der Waals surface area contributed by atoms with Crippen molar-refractivity contribution in [1.29, 1.82) is 0 Å². The summed E-state index contributed by atoms with van der Waals surface area (Å²) in [5.41, 5.74) is -0.471. The molecule has 0 fully saturated rings. The molecule has 1 aromatic heterocycles. The summed E-state index contributed by atoms with van der Waals surface area (Å²) >= 11 is 0. The highest BCUT2D eigenvalue weighted by molar-refractivity contribution is 5.78. The zero-order valence-electron chi connectivity index (χ0n) is 10.6. The van der Waals surface area contributed by atoms with Gasteiger partial charge in [-0.2, -0.15) is 0 Å². The predicted octanol–water partition coefficient (Wildman–Crippen LogP) is 0.250. The van der Waals surface area contributed by atoms with Crippen molar-refractivity contribution in [2.45, 2.75) is 0 Å². The van der Waals surface area contributed by atoms with Gasteiger partial charge < -0.3 is 24.2 Å². The minimum Gasteiger partial charge on any atom is -0.493 e. The third-order valence-corrected chi connectivity index (χ3v) is 2.55. The zero-order valence-corrected chi connectivity index (χ0v) is 10.6. The number of benzene rings is 1. The van der Waals surface area contributed by atoms with E-state index in [2.05, 4.69) is 9.97 Å². The van der Waals surface area contributed by atoms with Crippen molar-refractivity contribution in [2.24, 2.45) is 0 Å². The fraction of sp³-hybridized carbons (Fsp3) is 0.333. The van der Waals surface area contributed by atoms with Crippen molar-refractivity contribution in [1.82, 2.24) is 9.97 Å². The van der Waals surface area contributed by atoms with Crippen LogP contribution in [0, 0.1) is 0 Å². The summed E-state index contributed by atoms with van der Waals surface area (Å²) in [7, 11) is 3.07. The van der Waals surface area contributed by atoms with E-state index in [-0.39, 0.29) is 0 Å². The fourth-order valence-corrected chi connectivity index (χ4v) is 1.63. The van der Waals surface area contributed by atoms with Crippen LogP contribution in [0.1, 0.15) is 0 Å². The van der Waals surface area contributed by atoms with Crippen LogP contribution < -0.4 is 20.6 Å². The SMILES string of the molecule is COCCOc1cc2[nH]c(=O)c(=O)[nH]c2cc1OC. The standard InChI is InChI=1S/C12H14N2O5/c1-17-3-4-19-10-6-8-7(5-9(10)18-2)13-11(15)12(16)14-8/h5-6H,3-4H2,1-2H3,(H,13,15)(H,14,16). The van der Waals surface area contributed by atoms with Crippen LogP contribution in [-0.4, -0.2) is 37.4 Å². The van der Waals surface area contributed by atoms with E-state index >= 15 is 0 Å². The van der Waals surface area contributed by atoms with E-state index in [0.29, 0.717) is 35.7 Å². The van der Waals surface area contributed by atoms with Crippen molar-refractivity contribution in [3.05, 3.63) is 32.8 Å². The van der Waals surface area contributed by atoms with Crippen LogP contribution in [0.4, 0.5) is 0 Å². The summed E-state index contributed by atoms with van der Waals surface area (Å²) in [6.45, 7) is 0.787. The van der Waals surface area contributed by atoms with Crippen LogP contribution >= 0.6 is 0 Å². The summed E-state index contributed by atoms with van der Waals surface area (Å²) in [5.74, 6) is 0.932. The fourth-order valence-electron chi connectivity index (χ4n) is 1.63. The molecule has 0 saturated heterocycles. The largest absolute Gasteiger partial charge is 0.493 e. The lowest BCUT2D eigenvalue weighted by Crippen LogP contribution is -2.28. The molecule has 2 rings (SSSR count). The van der Waals surface area contributed by atoms with E-state index in [1.165, 1.54) is 7.11 Å². The lowest BCUT2D eigenvalue weighted by Gasteiger charge is -2.11. The second-order valence-corrected chi connectivity index (χ2v) is 3.80. The summed E-state index contributed by atoms with van der Waals surface area (Å²) < 4.78 is 15.5. The van der Waals surface area contributed by atoms with E-state index in [1.807, 2.05) is 0 Å². The third-order valence-electron chi connectivity index (χ3n) is 2.55. The molecule has 0 saturated carbocycles. The Morgan fingerprint density at radius 1 is 0.947 bits per heavy atom. The second-order valence-electron chi connectivity index (χ2n) is 3.80. The van der Waals surface area contributed by atoms with Crippen LogP contribution in [0.3, 0.4) is 0 Å². The molecule has 0 amide bonds. The van der Waals surface area contributed by atoms with Crippen molar-refractivity contribution < 1.29 is 14.2 Å². The minimum absolute atomic E-state index is 0.353. The van der Waals surface area contributed by atoms with Gasteiger partial charge in [0.05, 0.1) is 24.8 Å². The number of H-pyrrole nitrogens is 2. The normalized spacial score (nSPS) is 10.6. The van der Waals surface area contributed by atoms with E-state index in [1.54, 1.807) is 19.2 Å². The lowest BCUT2D eigenvalue weighted by atomic mass is 10.2. The molecule has 1 heterocycles. The molecule has 2 aromatic rings. The molecule has 1 aromatic carbocycles. The predicted molar refractivity (Wildman–Crippen MR) is 69.1 cm³/mol. The van der Waals surface area contributed by atoms with Crippen LogP contribution in [0.2, 0.25) is 0 Å². The highest BCUT2D eigenvalue weighted by Crippen LogP contribution is 2.30. The first-order chi connectivity index (χ1) is 9.15. The maximum atomic E-state index is 11.3. The Morgan fingerprint density at radius 3 is 2.05 bits per heavy atom. The van der Waals surface area contributed by atoms with Gasteiger partial charge in [-0.05, 0) is 0 Å². The van der Waals surface area contributed by atoms with Gasteiger partial charge in [0.15, 0.2) is 11.5 Å². The van der Waals surface area contributed by atoms with Crippen molar-refractivity contribution in [3.63, 3.8) is 0 Å². The van der Waals surface area contributed by atoms with Crippen LogP contribution in [0.15, 0.2) is 21.7 Å². The molecule has 0 spiro atoms. The van der Waals surface area contributed by atoms with E-state index in [9.17, 15) is 9.59 Å². The second kappa shape index (κ2) is 5.57. The summed E-state index contributed by atoms with van der Waals surface area (Å²) in [6, 6.07) is 3.19. The average molecular weight is 266 g/mol. The number of methoxy groups -OCH3 is 2. The molecule has 0 unspecified atom stereocenters. The van der Waals surface area contributed by atoms with Gasteiger partial charge in [-0.15, -0.1) is 0 Å². The number of rotatable bonds is 5. The lowest BCUT2D eigenvalue weighted by molar-refractivity contribution is 0.144. The molecule has 0 aliphatic heterocycles. The van der Waals surface area contributed by atoms with Gasteiger partial charge in [-0.3, -0.25) is 9.59 Å². The summed E-state index contributed by atoms with van der Waals surface area (Å²) in [4.78, 5) is 27.4. The average Bonchev–Trinajstić information content (AvgIpc) is 2.40. The molecule has 19 heavy (non-hydrogen) atoms. The molecular weight excluding hydrogens is 252 g/mol. The van der Waals surface area contributed by atoms with E-state index < -0.39 is 11.1 Å². The van der Waals surface area contributed by atoms with Gasteiger partial charge in [-0.1, -0.05) is 0 Å². The number of hydrogen-bond acceptors (Lipinski definition) is 5. The molecule has 102 valence electrons. The first-order valence-corrected chi connectivity index (χ1v) is 5.62. The van der Waals surface area contributed by atoms with Crippen molar-refractivity contribution in [3.8, 4) is 11.5 Å². The Hall–Kier alpha value is -2.28. The van der Waals surface area contributed by atoms with Gasteiger partial charge in [0.2, 0.25) is 0 Å². The maximum Gasteiger partial charge on any atom is 0.314 e. The Morgan fingerprint density at radius 2 is 1.53 bits per heavy atom. The zero-order chi connectivity index (χ0) is 13.8. The van der Waals surface area contributed by atoms with Gasteiger partial charge in [0, 0.05) is 19.2 Å². The van der Waals surface area contributed by atoms with Gasteiger partial charge in [0.1, 0.15) is 6.61 Å².